The Morgan fingerprint density at radius 2 is 1.30 bits per heavy atom. The molecule has 5 nitrogen and oxygen atoms in total. The average molecular weight is 711 g/mol. The van der Waals surface area contributed by atoms with Crippen molar-refractivity contribution in [3.63, 3.8) is 0 Å². The van der Waals surface area contributed by atoms with Gasteiger partial charge >= 0.3 is 0 Å². The fourth-order valence-corrected chi connectivity index (χ4v) is 8.81. The van der Waals surface area contributed by atoms with Gasteiger partial charge in [-0.05, 0) is 63.4 Å². The lowest BCUT2D eigenvalue weighted by Gasteiger charge is -2.24. The maximum atomic E-state index is 6.51. The van der Waals surface area contributed by atoms with E-state index in [1.807, 2.05) is 47.9 Å². The molecule has 0 fully saturated rings. The molecule has 4 heterocycles. The monoisotopic (exact) mass is 710 g/mol. The van der Waals surface area contributed by atoms with E-state index in [0.29, 0.717) is 5.84 Å². The van der Waals surface area contributed by atoms with E-state index in [1.165, 1.54) is 42.1 Å². The number of fused-ring (bicyclic) bond motifs is 7. The summed E-state index contributed by atoms with van der Waals surface area (Å²) in [6.45, 7) is 0. The van der Waals surface area contributed by atoms with E-state index in [4.69, 9.17) is 19.4 Å². The second kappa shape index (κ2) is 12.4. The van der Waals surface area contributed by atoms with Crippen molar-refractivity contribution in [1.82, 2.24) is 10.3 Å². The molecule has 0 amide bonds. The maximum absolute atomic E-state index is 6.51. The van der Waals surface area contributed by atoms with E-state index in [2.05, 4.69) is 139 Å². The van der Waals surface area contributed by atoms with Crippen LogP contribution >= 0.6 is 11.3 Å². The number of benzene rings is 7. The molecule has 7 aromatic carbocycles. The van der Waals surface area contributed by atoms with Crippen LogP contribution in [-0.4, -0.2) is 16.7 Å². The van der Waals surface area contributed by atoms with E-state index in [9.17, 15) is 0 Å². The molecule has 0 saturated carbocycles. The lowest BCUT2D eigenvalue weighted by Crippen LogP contribution is -2.33. The Hall–Kier alpha value is -6.89. The van der Waals surface area contributed by atoms with Gasteiger partial charge in [0.2, 0.25) is 0 Å². The highest BCUT2D eigenvalue weighted by Crippen LogP contribution is 2.37. The van der Waals surface area contributed by atoms with Crippen LogP contribution in [0.4, 0.5) is 0 Å². The molecule has 1 atom stereocenters. The molecular weight excluding hydrogens is 681 g/mol. The molecule has 0 bridgehead atoms. The van der Waals surface area contributed by atoms with Crippen LogP contribution in [-0.2, 0) is 0 Å². The largest absolute Gasteiger partial charge is 0.454 e. The molecule has 0 radical (unpaired) electrons. The summed E-state index contributed by atoms with van der Waals surface area (Å²) < 4.78 is 9.03. The number of amidine groups is 2. The normalized spacial score (nSPS) is 14.5. The Labute approximate surface area is 314 Å². The standard InChI is InChI=1S/C48H30N4OS/c1-2-10-32(11-3-1)46-50-47(35-23-24-38-37-13-6-7-16-42(37)54-43(38)27-35)52-48(51-46)39-14-8-15-40-44(39)45-41(53-40)26-36(28-49-45)31-19-17-30(18-20-31)34-22-21-29-9-4-5-12-33(29)25-34/h1-28,47H,(H,50,51,52). The molecule has 0 spiro atoms. The second-order valence-corrected chi connectivity index (χ2v) is 14.8. The third-order valence-corrected chi connectivity index (χ3v) is 11.5. The summed E-state index contributed by atoms with van der Waals surface area (Å²) >= 11 is 1.81. The summed E-state index contributed by atoms with van der Waals surface area (Å²) in [6, 6.07) is 57.3. The molecule has 1 aliphatic heterocycles. The zero-order chi connectivity index (χ0) is 35.6. The number of furan rings is 1. The van der Waals surface area contributed by atoms with Gasteiger partial charge in [-0.2, -0.15) is 0 Å². The van der Waals surface area contributed by atoms with E-state index in [1.54, 1.807) is 0 Å². The van der Waals surface area contributed by atoms with Crippen molar-refractivity contribution in [2.24, 2.45) is 9.98 Å². The minimum Gasteiger partial charge on any atom is -0.454 e. The molecular formula is C48H30N4OS. The fourth-order valence-electron chi connectivity index (χ4n) is 7.65. The summed E-state index contributed by atoms with van der Waals surface area (Å²) in [4.78, 5) is 15.3. The SMILES string of the molecule is c1ccc(C2=NC(c3ccc4c(c3)sc3ccccc34)NC(c3cccc4oc5cc(-c6ccc(-c7ccc8ccccc8c7)cc6)cnc5c34)=N2)cc1. The first-order valence-electron chi connectivity index (χ1n) is 18.0. The number of aliphatic imine (C=N–C) groups is 2. The topological polar surface area (TPSA) is 62.8 Å². The number of pyridine rings is 1. The summed E-state index contributed by atoms with van der Waals surface area (Å²) in [5.41, 5.74) is 9.69. The van der Waals surface area contributed by atoms with Crippen LogP contribution in [0.2, 0.25) is 0 Å². The van der Waals surface area contributed by atoms with E-state index in [0.717, 1.165) is 55.7 Å². The van der Waals surface area contributed by atoms with Gasteiger partial charge < -0.3 is 9.73 Å². The number of hydrogen-bond donors (Lipinski definition) is 1. The summed E-state index contributed by atoms with van der Waals surface area (Å²) in [5.74, 6) is 1.41. The van der Waals surface area contributed by atoms with Crippen LogP contribution in [0.5, 0.6) is 0 Å². The molecule has 3 aromatic heterocycles. The molecule has 10 aromatic rings. The van der Waals surface area contributed by atoms with Gasteiger partial charge in [-0.15, -0.1) is 11.3 Å². The predicted octanol–water partition coefficient (Wildman–Crippen LogP) is 12.3. The van der Waals surface area contributed by atoms with E-state index in [-0.39, 0.29) is 6.17 Å². The molecule has 0 aliphatic carbocycles. The molecule has 6 heteroatoms. The van der Waals surface area contributed by atoms with Crippen molar-refractivity contribution >= 4 is 76.0 Å². The third kappa shape index (κ3) is 5.18. The molecule has 1 aliphatic rings. The van der Waals surface area contributed by atoms with Crippen molar-refractivity contribution in [3.05, 3.63) is 187 Å². The molecule has 254 valence electrons. The van der Waals surface area contributed by atoms with Crippen molar-refractivity contribution in [1.29, 1.82) is 0 Å². The van der Waals surface area contributed by atoms with Gasteiger partial charge in [0.15, 0.2) is 11.4 Å². The average Bonchev–Trinajstić information content (AvgIpc) is 3.81. The number of hydrogen-bond acceptors (Lipinski definition) is 6. The predicted molar refractivity (Wildman–Crippen MR) is 225 cm³/mol. The highest BCUT2D eigenvalue weighted by Gasteiger charge is 2.25. The Morgan fingerprint density at radius 1 is 0.537 bits per heavy atom. The number of nitrogens with zero attached hydrogens (tertiary/aromatic N) is 3. The minimum absolute atomic E-state index is 0.340. The van der Waals surface area contributed by atoms with Gasteiger partial charge in [0.25, 0.3) is 0 Å². The third-order valence-electron chi connectivity index (χ3n) is 10.4. The van der Waals surface area contributed by atoms with Crippen molar-refractivity contribution in [2.75, 3.05) is 0 Å². The Balaban J connectivity index is 0.969. The van der Waals surface area contributed by atoms with Gasteiger partial charge in [-0.1, -0.05) is 133 Å². The van der Waals surface area contributed by atoms with Gasteiger partial charge in [-0.25, -0.2) is 9.98 Å². The molecule has 54 heavy (non-hydrogen) atoms. The van der Waals surface area contributed by atoms with Crippen molar-refractivity contribution in [3.8, 4) is 22.3 Å². The van der Waals surface area contributed by atoms with Crippen molar-refractivity contribution in [2.45, 2.75) is 6.17 Å². The Kier molecular flexibility index (Phi) is 7.03. The summed E-state index contributed by atoms with van der Waals surface area (Å²) in [7, 11) is 0. The smallest absolute Gasteiger partial charge is 0.159 e. The number of rotatable bonds is 5. The highest BCUT2D eigenvalue weighted by atomic mass is 32.1. The van der Waals surface area contributed by atoms with Crippen LogP contribution in [0.3, 0.4) is 0 Å². The number of nitrogens with one attached hydrogen (secondary N) is 1. The quantitative estimate of drug-likeness (QED) is 0.193. The molecule has 1 unspecified atom stereocenters. The Morgan fingerprint density at radius 3 is 2.19 bits per heavy atom. The maximum Gasteiger partial charge on any atom is 0.159 e. The minimum atomic E-state index is -0.340. The van der Waals surface area contributed by atoms with Crippen LogP contribution in [0.15, 0.2) is 184 Å². The van der Waals surface area contributed by atoms with Gasteiger partial charge in [0.05, 0.1) is 5.39 Å². The van der Waals surface area contributed by atoms with Gasteiger partial charge in [0.1, 0.15) is 23.1 Å². The van der Waals surface area contributed by atoms with Gasteiger partial charge in [-0.3, -0.25) is 4.98 Å². The molecule has 0 saturated heterocycles. The van der Waals surface area contributed by atoms with Crippen LogP contribution in [0, 0.1) is 0 Å². The van der Waals surface area contributed by atoms with Crippen LogP contribution < -0.4 is 5.32 Å². The number of aromatic nitrogens is 1. The highest BCUT2D eigenvalue weighted by molar-refractivity contribution is 7.25. The summed E-state index contributed by atoms with van der Waals surface area (Å²) in [5, 5.41) is 9.64. The second-order valence-electron chi connectivity index (χ2n) is 13.7. The lowest BCUT2D eigenvalue weighted by molar-refractivity contribution is 0.667. The zero-order valence-electron chi connectivity index (χ0n) is 28.9. The summed E-state index contributed by atoms with van der Waals surface area (Å²) in [6.07, 6.45) is 1.60. The first kappa shape index (κ1) is 30.7. The first-order chi connectivity index (χ1) is 26.7. The van der Waals surface area contributed by atoms with Gasteiger partial charge in [0, 0.05) is 43.1 Å². The zero-order valence-corrected chi connectivity index (χ0v) is 29.7. The van der Waals surface area contributed by atoms with E-state index >= 15 is 0 Å². The van der Waals surface area contributed by atoms with Crippen LogP contribution in [0.1, 0.15) is 22.9 Å². The Bertz CT molecular complexity index is 3140. The van der Waals surface area contributed by atoms with E-state index < -0.39 is 0 Å². The van der Waals surface area contributed by atoms with Crippen LogP contribution in [0.25, 0.3) is 75.3 Å². The fraction of sp³-hybridized carbons (Fsp3) is 0.0208. The van der Waals surface area contributed by atoms with Crippen molar-refractivity contribution < 1.29 is 4.42 Å². The first-order valence-corrected chi connectivity index (χ1v) is 18.8. The lowest BCUT2D eigenvalue weighted by atomic mass is 9.98. The molecule has 11 rings (SSSR count). The molecule has 1 N–H and O–H groups in total. The number of thiophene rings is 1.